The number of furan rings is 1. The van der Waals surface area contributed by atoms with Gasteiger partial charge >= 0.3 is 0 Å². The number of aromatic nitrogens is 2. The summed E-state index contributed by atoms with van der Waals surface area (Å²) < 4.78 is 6.10. The van der Waals surface area contributed by atoms with Crippen LogP contribution in [0.5, 0.6) is 0 Å². The molecule has 0 unspecified atom stereocenters. The Morgan fingerprint density at radius 1 is 1.23 bits per heavy atom. The Kier molecular flexibility index (Phi) is 6.14. The first kappa shape index (κ1) is 20.5. The van der Waals surface area contributed by atoms with Crippen LogP contribution in [0.4, 0.5) is 10.9 Å². The molecule has 156 valence electrons. The fourth-order valence-corrected chi connectivity index (χ4v) is 4.18. The van der Waals surface area contributed by atoms with Gasteiger partial charge in [-0.15, -0.1) is 11.3 Å². The zero-order chi connectivity index (χ0) is 21.1. The Morgan fingerprint density at radius 3 is 2.70 bits per heavy atom. The minimum absolute atomic E-state index is 0.0345. The molecule has 8 nitrogen and oxygen atoms in total. The van der Waals surface area contributed by atoms with Crippen molar-refractivity contribution in [2.45, 2.75) is 13.3 Å². The third kappa shape index (κ3) is 4.71. The van der Waals surface area contributed by atoms with E-state index in [1.807, 2.05) is 17.0 Å². The summed E-state index contributed by atoms with van der Waals surface area (Å²) in [6.07, 6.45) is 3.47. The van der Waals surface area contributed by atoms with Crippen LogP contribution in [0, 0.1) is 6.92 Å². The number of piperazine rings is 1. The van der Waals surface area contributed by atoms with Gasteiger partial charge in [0.1, 0.15) is 11.6 Å². The van der Waals surface area contributed by atoms with Gasteiger partial charge in [0.15, 0.2) is 5.13 Å². The van der Waals surface area contributed by atoms with E-state index in [-0.39, 0.29) is 18.2 Å². The fraction of sp³-hybridized carbons (Fsp3) is 0.300. The Labute approximate surface area is 186 Å². The molecular formula is C20H20BrN5O3S. The van der Waals surface area contributed by atoms with E-state index in [4.69, 9.17) is 4.42 Å². The number of amides is 2. The Morgan fingerprint density at radius 2 is 2.03 bits per heavy atom. The highest BCUT2D eigenvalue weighted by Crippen LogP contribution is 2.20. The second-order valence-corrected chi connectivity index (χ2v) is 8.64. The average molecular weight is 490 g/mol. The van der Waals surface area contributed by atoms with Crippen LogP contribution in [0.3, 0.4) is 0 Å². The van der Waals surface area contributed by atoms with E-state index >= 15 is 0 Å². The number of hydrogen-bond donors (Lipinski definition) is 1. The van der Waals surface area contributed by atoms with Crippen LogP contribution < -0.4 is 10.2 Å². The van der Waals surface area contributed by atoms with Crippen LogP contribution in [0.2, 0.25) is 0 Å². The zero-order valence-corrected chi connectivity index (χ0v) is 18.7. The summed E-state index contributed by atoms with van der Waals surface area (Å²) in [5, 5.41) is 5.02. The van der Waals surface area contributed by atoms with Crippen molar-refractivity contribution in [3.63, 3.8) is 0 Å². The summed E-state index contributed by atoms with van der Waals surface area (Å²) in [6.45, 7) is 4.49. The maximum Gasteiger partial charge on any atom is 0.260 e. The largest absolute Gasteiger partial charge is 0.469 e. The molecule has 4 rings (SSSR count). The molecule has 1 aliphatic heterocycles. The van der Waals surface area contributed by atoms with E-state index in [1.54, 1.807) is 24.6 Å². The number of halogens is 1. The molecule has 0 radical (unpaired) electrons. The van der Waals surface area contributed by atoms with Crippen molar-refractivity contribution >= 4 is 50.0 Å². The van der Waals surface area contributed by atoms with Crippen molar-refractivity contribution in [2.24, 2.45) is 0 Å². The van der Waals surface area contributed by atoms with Crippen LogP contribution in [0.25, 0.3) is 0 Å². The minimum atomic E-state index is -0.272. The second-order valence-electron chi connectivity index (χ2n) is 6.87. The molecule has 3 aromatic heterocycles. The molecule has 1 fully saturated rings. The van der Waals surface area contributed by atoms with Gasteiger partial charge in [-0.3, -0.25) is 14.9 Å². The van der Waals surface area contributed by atoms with E-state index < -0.39 is 0 Å². The lowest BCUT2D eigenvalue weighted by molar-refractivity contribution is -0.130. The van der Waals surface area contributed by atoms with E-state index in [0.717, 1.165) is 23.4 Å². The van der Waals surface area contributed by atoms with Gasteiger partial charge in [-0.25, -0.2) is 9.97 Å². The van der Waals surface area contributed by atoms with E-state index in [9.17, 15) is 9.59 Å². The smallest absolute Gasteiger partial charge is 0.260 e. The molecule has 10 heteroatoms. The number of rotatable bonds is 5. The van der Waals surface area contributed by atoms with Crippen molar-refractivity contribution in [3.8, 4) is 0 Å². The summed E-state index contributed by atoms with van der Waals surface area (Å²) in [5.41, 5.74) is 1.13. The van der Waals surface area contributed by atoms with E-state index in [1.165, 1.54) is 17.6 Å². The number of hydrogen-bond acceptors (Lipinski definition) is 7. The lowest BCUT2D eigenvalue weighted by Crippen LogP contribution is -2.49. The highest BCUT2D eigenvalue weighted by atomic mass is 79.9. The van der Waals surface area contributed by atoms with Gasteiger partial charge in [0, 0.05) is 42.2 Å². The lowest BCUT2D eigenvalue weighted by Gasteiger charge is -2.35. The molecule has 2 amide bonds. The number of thiazole rings is 1. The van der Waals surface area contributed by atoms with Gasteiger partial charge in [0.2, 0.25) is 5.91 Å². The summed E-state index contributed by atoms with van der Waals surface area (Å²) in [6, 6.07) is 5.55. The summed E-state index contributed by atoms with van der Waals surface area (Å²) >= 11 is 4.69. The van der Waals surface area contributed by atoms with Gasteiger partial charge in [0.25, 0.3) is 5.91 Å². The maximum absolute atomic E-state index is 12.7. The molecule has 0 bridgehead atoms. The van der Waals surface area contributed by atoms with Crippen LogP contribution >= 0.6 is 27.3 Å². The van der Waals surface area contributed by atoms with Gasteiger partial charge in [0.05, 0.1) is 23.9 Å². The molecule has 0 atom stereocenters. The van der Waals surface area contributed by atoms with Gasteiger partial charge in [-0.2, -0.15) is 0 Å². The minimum Gasteiger partial charge on any atom is -0.469 e. The first-order chi connectivity index (χ1) is 14.5. The molecule has 0 aliphatic carbocycles. The number of pyridine rings is 1. The molecule has 30 heavy (non-hydrogen) atoms. The molecule has 0 saturated carbocycles. The molecule has 1 aliphatic rings. The number of aryl methyl sites for hydroxylation is 1. The number of nitrogens with zero attached hydrogens (tertiary/aromatic N) is 4. The van der Waals surface area contributed by atoms with Crippen molar-refractivity contribution in [1.82, 2.24) is 14.9 Å². The van der Waals surface area contributed by atoms with Crippen molar-refractivity contribution in [2.75, 3.05) is 36.4 Å². The van der Waals surface area contributed by atoms with Gasteiger partial charge in [-0.1, -0.05) is 0 Å². The summed E-state index contributed by atoms with van der Waals surface area (Å²) in [7, 11) is 0. The SMILES string of the molecule is Cc1occc1C(=O)Nc1nc(CC(=O)N2CCN(c3ccc(Br)cn3)CC2)cs1. The highest BCUT2D eigenvalue weighted by molar-refractivity contribution is 9.10. The molecule has 4 heterocycles. The number of carbonyl (C=O) groups is 2. The standard InChI is InChI=1S/C20H20BrN5O3S/c1-13-16(4-9-29-13)19(28)24-20-23-15(12-30-20)10-18(27)26-7-5-25(6-8-26)17-3-2-14(21)11-22-17/h2-4,9,11-12H,5-8,10H2,1H3,(H,23,24,28). The van der Waals surface area contributed by atoms with Crippen molar-refractivity contribution in [1.29, 1.82) is 0 Å². The van der Waals surface area contributed by atoms with E-state index in [2.05, 4.69) is 36.1 Å². The number of carbonyl (C=O) groups excluding carboxylic acids is 2. The number of anilines is 2. The van der Waals surface area contributed by atoms with Crippen molar-refractivity contribution < 1.29 is 14.0 Å². The molecule has 3 aromatic rings. The predicted octanol–water partition coefficient (Wildman–Crippen LogP) is 3.35. The van der Waals surface area contributed by atoms with E-state index in [0.29, 0.717) is 35.2 Å². The van der Waals surface area contributed by atoms with Crippen LogP contribution in [-0.2, 0) is 11.2 Å². The monoisotopic (exact) mass is 489 g/mol. The Hall–Kier alpha value is -2.72. The third-order valence-corrected chi connectivity index (χ3v) is 6.15. The lowest BCUT2D eigenvalue weighted by atomic mass is 10.2. The molecular weight excluding hydrogens is 470 g/mol. The normalized spacial score (nSPS) is 14.1. The van der Waals surface area contributed by atoms with Gasteiger partial charge in [-0.05, 0) is 41.1 Å². The van der Waals surface area contributed by atoms with Crippen LogP contribution in [0.1, 0.15) is 21.8 Å². The molecule has 1 N–H and O–H groups in total. The van der Waals surface area contributed by atoms with Crippen LogP contribution in [0.15, 0.2) is 44.9 Å². The Balaban J connectivity index is 1.29. The Bertz CT molecular complexity index is 1040. The second kappa shape index (κ2) is 8.97. The first-order valence-corrected chi connectivity index (χ1v) is 11.1. The topological polar surface area (TPSA) is 91.6 Å². The first-order valence-electron chi connectivity index (χ1n) is 9.44. The maximum atomic E-state index is 12.7. The quantitative estimate of drug-likeness (QED) is 0.590. The predicted molar refractivity (Wildman–Crippen MR) is 118 cm³/mol. The highest BCUT2D eigenvalue weighted by Gasteiger charge is 2.23. The molecule has 0 spiro atoms. The van der Waals surface area contributed by atoms with Crippen LogP contribution in [-0.4, -0.2) is 52.9 Å². The number of nitrogens with one attached hydrogen (secondary N) is 1. The molecule has 1 saturated heterocycles. The summed E-state index contributed by atoms with van der Waals surface area (Å²) in [5.74, 6) is 1.23. The summed E-state index contributed by atoms with van der Waals surface area (Å²) in [4.78, 5) is 37.7. The zero-order valence-electron chi connectivity index (χ0n) is 16.3. The van der Waals surface area contributed by atoms with Crippen molar-refractivity contribution in [3.05, 3.63) is 57.5 Å². The third-order valence-electron chi connectivity index (χ3n) is 4.88. The van der Waals surface area contributed by atoms with Gasteiger partial charge < -0.3 is 14.2 Å². The average Bonchev–Trinajstić information content (AvgIpc) is 3.37. The molecule has 0 aromatic carbocycles. The fourth-order valence-electron chi connectivity index (χ4n) is 3.24.